The van der Waals surface area contributed by atoms with Gasteiger partial charge in [0.25, 0.3) is 0 Å². The van der Waals surface area contributed by atoms with Crippen LogP contribution in [0.2, 0.25) is 0 Å². The zero-order valence-electron chi connectivity index (χ0n) is 12.7. The van der Waals surface area contributed by atoms with Crippen molar-refractivity contribution < 1.29 is 8.76 Å². The molecule has 1 unspecified atom stereocenters. The first-order chi connectivity index (χ1) is 11.1. The Bertz CT molecular complexity index is 756. The first-order valence-corrected chi connectivity index (χ1v) is 8.77. The van der Waals surface area contributed by atoms with Crippen molar-refractivity contribution in [1.82, 2.24) is 14.7 Å². The van der Waals surface area contributed by atoms with E-state index in [0.29, 0.717) is 18.1 Å². The van der Waals surface area contributed by atoms with Crippen LogP contribution in [0.5, 0.6) is 0 Å². The zero-order chi connectivity index (χ0) is 16.2. The van der Waals surface area contributed by atoms with E-state index in [-0.39, 0.29) is 5.56 Å². The van der Waals surface area contributed by atoms with Crippen molar-refractivity contribution in [1.29, 1.82) is 0 Å². The molecule has 1 fully saturated rings. The van der Waals surface area contributed by atoms with Gasteiger partial charge in [-0.05, 0) is 37.3 Å². The van der Waals surface area contributed by atoms with E-state index in [1.54, 1.807) is 6.20 Å². The van der Waals surface area contributed by atoms with Crippen LogP contribution < -0.4 is 15.2 Å². The highest BCUT2D eigenvalue weighted by atomic mass is 32.2. The number of aromatic nitrogens is 2. The average Bonchev–Trinajstić information content (AvgIpc) is 2.54. The molecule has 0 radical (unpaired) electrons. The van der Waals surface area contributed by atoms with Crippen molar-refractivity contribution in [2.24, 2.45) is 5.92 Å². The number of rotatable bonds is 5. The smallest absolute Gasteiger partial charge is 0.249 e. The molecule has 0 aliphatic carbocycles. The molecular weight excluding hydrogens is 316 g/mol. The van der Waals surface area contributed by atoms with Crippen LogP contribution in [0.15, 0.2) is 29.2 Å². The monoisotopic (exact) mass is 335 g/mol. The molecule has 8 heteroatoms. The molecule has 3 rings (SSSR count). The highest BCUT2D eigenvalue weighted by molar-refractivity contribution is 7.77. The fourth-order valence-electron chi connectivity index (χ4n) is 3.13. The second-order valence-corrected chi connectivity index (χ2v) is 6.52. The van der Waals surface area contributed by atoms with Gasteiger partial charge in [0.05, 0.1) is 0 Å². The number of pyridine rings is 2. The minimum absolute atomic E-state index is 0.149. The van der Waals surface area contributed by atoms with Gasteiger partial charge in [-0.1, -0.05) is 0 Å². The largest absolute Gasteiger partial charge is 0.760 e. The van der Waals surface area contributed by atoms with Crippen LogP contribution >= 0.6 is 0 Å². The summed E-state index contributed by atoms with van der Waals surface area (Å²) in [5.41, 5.74) is 1.55. The molecule has 1 atom stereocenters. The maximum absolute atomic E-state index is 11.4. The van der Waals surface area contributed by atoms with Crippen molar-refractivity contribution in [2.45, 2.75) is 19.3 Å². The van der Waals surface area contributed by atoms with Gasteiger partial charge in [-0.25, -0.2) is 9.71 Å². The van der Waals surface area contributed by atoms with Gasteiger partial charge in [0.15, 0.2) is 0 Å². The number of H-pyrrole nitrogens is 1. The van der Waals surface area contributed by atoms with E-state index >= 15 is 0 Å². The average molecular weight is 335 g/mol. The summed E-state index contributed by atoms with van der Waals surface area (Å²) in [6, 6.07) is 5.31. The summed E-state index contributed by atoms with van der Waals surface area (Å²) in [4.78, 5) is 20.7. The third kappa shape index (κ3) is 3.95. The maximum Gasteiger partial charge on any atom is 0.249 e. The van der Waals surface area contributed by atoms with Crippen LogP contribution in [0, 0.1) is 5.92 Å². The molecule has 0 aromatic carbocycles. The Morgan fingerprint density at radius 2 is 2.13 bits per heavy atom. The molecule has 3 heterocycles. The summed E-state index contributed by atoms with van der Waals surface area (Å²) in [5, 5.41) is 0.953. The van der Waals surface area contributed by atoms with Crippen molar-refractivity contribution in [3.63, 3.8) is 0 Å². The van der Waals surface area contributed by atoms with Crippen LogP contribution in [0.4, 0.5) is 5.69 Å². The minimum atomic E-state index is -2.17. The Labute approximate surface area is 136 Å². The minimum Gasteiger partial charge on any atom is -0.760 e. The SMILES string of the molecule is O=c1ccc2c(N3CCC(CCNS(=O)[O-])CC3)ccnc2[nH]1. The zero-order valence-corrected chi connectivity index (χ0v) is 13.5. The molecule has 124 valence electrons. The van der Waals surface area contributed by atoms with E-state index in [4.69, 9.17) is 0 Å². The Kier molecular flexibility index (Phi) is 5.04. The molecule has 0 amide bonds. The summed E-state index contributed by atoms with van der Waals surface area (Å²) in [6.45, 7) is 2.34. The number of hydrogen-bond donors (Lipinski definition) is 2. The molecule has 0 bridgehead atoms. The topological polar surface area (TPSA) is 101 Å². The van der Waals surface area contributed by atoms with Crippen LogP contribution in [-0.2, 0) is 11.3 Å². The van der Waals surface area contributed by atoms with E-state index in [1.807, 2.05) is 12.1 Å². The third-order valence-corrected chi connectivity index (χ3v) is 4.78. The fourth-order valence-corrected chi connectivity index (χ4v) is 3.41. The molecule has 23 heavy (non-hydrogen) atoms. The molecule has 2 aromatic heterocycles. The summed E-state index contributed by atoms with van der Waals surface area (Å²) >= 11 is -2.17. The standard InChI is InChI=1S/C15H20N4O3S/c20-14-2-1-12-13(4-7-16-15(12)18-14)19-9-5-11(6-10-19)3-8-17-23(21)22/h1-2,4,7,11,17H,3,5-6,8-10H2,(H,21,22)(H,16,18,20)/p-1. The van der Waals surface area contributed by atoms with E-state index in [9.17, 15) is 13.6 Å². The number of fused-ring (bicyclic) bond motifs is 1. The molecule has 0 spiro atoms. The van der Waals surface area contributed by atoms with E-state index < -0.39 is 11.3 Å². The number of aromatic amines is 1. The predicted molar refractivity (Wildman–Crippen MR) is 88.8 cm³/mol. The summed E-state index contributed by atoms with van der Waals surface area (Å²) in [7, 11) is 0. The lowest BCUT2D eigenvalue weighted by molar-refractivity contribution is 0.381. The fraction of sp³-hybridized carbons (Fsp3) is 0.467. The second-order valence-electron chi connectivity index (χ2n) is 5.76. The Hall–Kier alpha value is -1.77. The van der Waals surface area contributed by atoms with Crippen molar-refractivity contribution in [3.8, 4) is 0 Å². The van der Waals surface area contributed by atoms with Crippen molar-refractivity contribution in [2.75, 3.05) is 24.5 Å². The number of nitrogens with one attached hydrogen (secondary N) is 2. The van der Waals surface area contributed by atoms with Crippen molar-refractivity contribution in [3.05, 3.63) is 34.7 Å². The van der Waals surface area contributed by atoms with Crippen LogP contribution in [-0.4, -0.2) is 38.4 Å². The summed E-state index contributed by atoms with van der Waals surface area (Å²) in [5.74, 6) is 0.537. The van der Waals surface area contributed by atoms with Gasteiger partial charge < -0.3 is 14.4 Å². The lowest BCUT2D eigenvalue weighted by Gasteiger charge is -2.34. The molecule has 2 aromatic rings. The summed E-state index contributed by atoms with van der Waals surface area (Å²) in [6.07, 6.45) is 4.64. The predicted octanol–water partition coefficient (Wildman–Crippen LogP) is 0.913. The molecular formula is C15H19N4O3S-. The van der Waals surface area contributed by atoms with Gasteiger partial charge in [-0.2, -0.15) is 0 Å². The third-order valence-electron chi connectivity index (χ3n) is 4.34. The van der Waals surface area contributed by atoms with Gasteiger partial charge in [0.2, 0.25) is 5.56 Å². The first kappa shape index (κ1) is 16.1. The van der Waals surface area contributed by atoms with Crippen LogP contribution in [0.25, 0.3) is 11.0 Å². The van der Waals surface area contributed by atoms with E-state index in [2.05, 4.69) is 19.6 Å². The lowest BCUT2D eigenvalue weighted by Crippen LogP contribution is -2.35. The number of anilines is 1. The van der Waals surface area contributed by atoms with Gasteiger partial charge in [0.1, 0.15) is 5.65 Å². The molecule has 1 aliphatic heterocycles. The van der Waals surface area contributed by atoms with Crippen LogP contribution in [0.3, 0.4) is 0 Å². The first-order valence-electron chi connectivity index (χ1n) is 7.69. The van der Waals surface area contributed by atoms with Crippen molar-refractivity contribution >= 4 is 28.0 Å². The second kappa shape index (κ2) is 7.20. The highest BCUT2D eigenvalue weighted by Gasteiger charge is 2.20. The quantitative estimate of drug-likeness (QED) is 0.791. The highest BCUT2D eigenvalue weighted by Crippen LogP contribution is 2.28. The van der Waals surface area contributed by atoms with Gasteiger partial charge in [0, 0.05) is 54.2 Å². The number of hydrogen-bond acceptors (Lipinski definition) is 5. The van der Waals surface area contributed by atoms with Gasteiger partial charge >= 0.3 is 0 Å². The van der Waals surface area contributed by atoms with E-state index in [0.717, 1.165) is 43.4 Å². The van der Waals surface area contributed by atoms with Crippen LogP contribution in [0.1, 0.15) is 19.3 Å². The lowest BCUT2D eigenvalue weighted by atomic mass is 9.93. The Balaban J connectivity index is 1.66. The molecule has 1 saturated heterocycles. The van der Waals surface area contributed by atoms with E-state index in [1.165, 1.54) is 6.07 Å². The molecule has 7 nitrogen and oxygen atoms in total. The normalized spacial score (nSPS) is 17.5. The molecule has 0 saturated carbocycles. The maximum atomic E-state index is 11.4. The molecule has 1 aliphatic rings. The molecule has 2 N–H and O–H groups in total. The summed E-state index contributed by atoms with van der Waals surface area (Å²) < 4.78 is 23.4. The number of piperidine rings is 1. The Morgan fingerprint density at radius 1 is 1.35 bits per heavy atom. The number of nitrogens with zero attached hydrogens (tertiary/aromatic N) is 2. The van der Waals surface area contributed by atoms with Gasteiger partial charge in [-0.15, -0.1) is 0 Å². The Morgan fingerprint density at radius 3 is 2.87 bits per heavy atom. The van der Waals surface area contributed by atoms with Gasteiger partial charge in [-0.3, -0.25) is 9.00 Å².